The third-order valence-corrected chi connectivity index (χ3v) is 3.52. The van der Waals surface area contributed by atoms with Crippen LogP contribution >= 0.6 is 0 Å². The Morgan fingerprint density at radius 1 is 1.26 bits per heavy atom. The van der Waals surface area contributed by atoms with Crippen molar-refractivity contribution in [3.8, 4) is 0 Å². The minimum atomic E-state index is -0.226. The molecule has 0 spiro atoms. The minimum Gasteiger partial charge on any atom is -0.511 e. The smallest absolute Gasteiger partial charge is 0.168 e. The van der Waals surface area contributed by atoms with Gasteiger partial charge in [0.25, 0.3) is 0 Å². The van der Waals surface area contributed by atoms with Gasteiger partial charge < -0.3 is 5.11 Å². The van der Waals surface area contributed by atoms with Crippen LogP contribution in [0.1, 0.15) is 37.8 Å². The van der Waals surface area contributed by atoms with Crippen LogP contribution in [0.2, 0.25) is 0 Å². The highest BCUT2D eigenvalue weighted by atomic mass is 16.3. The Morgan fingerprint density at radius 3 is 2.47 bits per heavy atom. The van der Waals surface area contributed by atoms with Gasteiger partial charge in [0, 0.05) is 18.4 Å². The molecule has 1 aliphatic rings. The second-order valence-corrected chi connectivity index (χ2v) is 5.95. The highest BCUT2D eigenvalue weighted by Gasteiger charge is 2.35. The molecule has 2 rings (SSSR count). The highest BCUT2D eigenvalue weighted by molar-refractivity contribution is 6.28. The number of nitrogens with one attached hydrogen (secondary N) is 1. The lowest BCUT2D eigenvalue weighted by Gasteiger charge is -2.29. The summed E-state index contributed by atoms with van der Waals surface area (Å²) < 4.78 is 0. The lowest BCUT2D eigenvalue weighted by atomic mass is 9.75. The number of allylic oxidation sites excluding steroid dienone is 2. The molecule has 1 aromatic carbocycles. The van der Waals surface area contributed by atoms with Crippen molar-refractivity contribution in [2.45, 2.75) is 33.6 Å². The fraction of sp³-hybridized carbons (Fsp3) is 0.375. The number of hydrogen-bond donors (Lipinski definition) is 2. The number of hydrogen-bond acceptors (Lipinski definition) is 3. The Bertz CT molecular complexity index is 582. The summed E-state index contributed by atoms with van der Waals surface area (Å²) in [7, 11) is 0. The van der Waals surface area contributed by atoms with Gasteiger partial charge in [-0.05, 0) is 17.9 Å². The van der Waals surface area contributed by atoms with E-state index < -0.39 is 0 Å². The van der Waals surface area contributed by atoms with Crippen molar-refractivity contribution in [3.63, 3.8) is 0 Å². The van der Waals surface area contributed by atoms with Gasteiger partial charge in [0.15, 0.2) is 5.78 Å². The Morgan fingerprint density at radius 2 is 1.89 bits per heavy atom. The molecule has 0 atom stereocenters. The number of ketones is 1. The molecular weight excluding hydrogens is 238 g/mol. The molecule has 2 N–H and O–H groups in total. The van der Waals surface area contributed by atoms with E-state index in [4.69, 9.17) is 5.41 Å². The van der Waals surface area contributed by atoms with E-state index in [-0.39, 0.29) is 28.2 Å². The van der Waals surface area contributed by atoms with Gasteiger partial charge in [-0.2, -0.15) is 0 Å². The maximum Gasteiger partial charge on any atom is 0.168 e. The van der Waals surface area contributed by atoms with Crippen LogP contribution in [0.4, 0.5) is 0 Å². The number of aryl methyl sites for hydroxylation is 1. The van der Waals surface area contributed by atoms with Gasteiger partial charge in [-0.25, -0.2) is 0 Å². The number of aliphatic hydroxyl groups excluding tert-OH is 1. The first-order valence-corrected chi connectivity index (χ1v) is 6.42. The predicted molar refractivity (Wildman–Crippen MR) is 75.7 cm³/mol. The van der Waals surface area contributed by atoms with Gasteiger partial charge in [-0.3, -0.25) is 10.2 Å². The van der Waals surface area contributed by atoms with Crippen LogP contribution in [0, 0.1) is 17.7 Å². The van der Waals surface area contributed by atoms with E-state index in [0.29, 0.717) is 18.4 Å². The molecule has 1 aliphatic carbocycles. The van der Waals surface area contributed by atoms with E-state index in [1.807, 2.05) is 45.0 Å². The molecule has 0 amide bonds. The maximum absolute atomic E-state index is 12.2. The maximum atomic E-state index is 12.2. The summed E-state index contributed by atoms with van der Waals surface area (Å²) in [5.74, 6) is -0.0866. The molecule has 0 fully saturated rings. The molecule has 0 unspecified atom stereocenters. The quantitative estimate of drug-likeness (QED) is 0.796. The molecule has 0 heterocycles. The van der Waals surface area contributed by atoms with Crippen molar-refractivity contribution >= 4 is 11.5 Å². The van der Waals surface area contributed by atoms with Crippen molar-refractivity contribution in [2.75, 3.05) is 0 Å². The van der Waals surface area contributed by atoms with E-state index in [9.17, 15) is 9.90 Å². The standard InChI is InChI=1S/C16H19NO2/c1-10-6-4-5-7-11(10)15(17)14-12(18)8-16(2,3)9-13(14)19/h4-7,17-18H,8-9H2,1-3H3. The first-order valence-electron chi connectivity index (χ1n) is 6.42. The Labute approximate surface area is 113 Å². The van der Waals surface area contributed by atoms with Crippen LogP contribution < -0.4 is 0 Å². The van der Waals surface area contributed by atoms with E-state index in [1.165, 1.54) is 0 Å². The molecular formula is C16H19NO2. The Hall–Kier alpha value is -1.90. The average molecular weight is 257 g/mol. The van der Waals surface area contributed by atoms with Gasteiger partial charge in [0.2, 0.25) is 0 Å². The van der Waals surface area contributed by atoms with E-state index in [2.05, 4.69) is 0 Å². The molecule has 0 bridgehead atoms. The summed E-state index contributed by atoms with van der Waals surface area (Å²) in [4.78, 5) is 12.2. The van der Waals surface area contributed by atoms with Gasteiger partial charge in [0.05, 0.1) is 11.3 Å². The van der Waals surface area contributed by atoms with Crippen LogP contribution in [-0.4, -0.2) is 16.6 Å². The van der Waals surface area contributed by atoms with Gasteiger partial charge in [-0.15, -0.1) is 0 Å². The number of carbonyl (C=O) groups excluding carboxylic acids is 1. The summed E-state index contributed by atoms with van der Waals surface area (Å²) in [5, 5.41) is 18.3. The monoisotopic (exact) mass is 257 g/mol. The number of aliphatic hydroxyl groups is 1. The molecule has 3 nitrogen and oxygen atoms in total. The largest absolute Gasteiger partial charge is 0.511 e. The summed E-state index contributed by atoms with van der Waals surface area (Å²) in [5.41, 5.74) is 1.74. The van der Waals surface area contributed by atoms with Crippen LogP contribution in [0.15, 0.2) is 35.6 Å². The summed E-state index contributed by atoms with van der Waals surface area (Å²) >= 11 is 0. The summed E-state index contributed by atoms with van der Waals surface area (Å²) in [6, 6.07) is 7.45. The van der Waals surface area contributed by atoms with Crippen LogP contribution in [0.3, 0.4) is 0 Å². The number of rotatable bonds is 2. The summed E-state index contributed by atoms with van der Waals surface area (Å²) in [6.45, 7) is 5.81. The topological polar surface area (TPSA) is 61.1 Å². The average Bonchev–Trinajstić information content (AvgIpc) is 2.26. The van der Waals surface area contributed by atoms with Crippen LogP contribution in [-0.2, 0) is 4.79 Å². The number of carbonyl (C=O) groups is 1. The summed E-state index contributed by atoms with van der Waals surface area (Å²) in [6.07, 6.45) is 0.822. The van der Waals surface area contributed by atoms with Crippen molar-refractivity contribution in [1.29, 1.82) is 5.41 Å². The highest BCUT2D eigenvalue weighted by Crippen LogP contribution is 2.36. The molecule has 3 heteroatoms. The number of benzene rings is 1. The first kappa shape index (κ1) is 13.5. The fourth-order valence-corrected chi connectivity index (χ4v) is 2.56. The predicted octanol–water partition coefficient (Wildman–Crippen LogP) is 3.56. The molecule has 1 aromatic rings. The van der Waals surface area contributed by atoms with Crippen molar-refractivity contribution in [1.82, 2.24) is 0 Å². The van der Waals surface area contributed by atoms with Gasteiger partial charge in [-0.1, -0.05) is 38.1 Å². The normalized spacial score (nSPS) is 18.6. The third-order valence-electron chi connectivity index (χ3n) is 3.52. The van der Waals surface area contributed by atoms with Crippen molar-refractivity contribution in [2.24, 2.45) is 5.41 Å². The van der Waals surface area contributed by atoms with E-state index in [0.717, 1.165) is 5.56 Å². The van der Waals surface area contributed by atoms with Gasteiger partial charge >= 0.3 is 0 Å². The Balaban J connectivity index is 2.45. The van der Waals surface area contributed by atoms with E-state index in [1.54, 1.807) is 0 Å². The third kappa shape index (κ3) is 2.60. The SMILES string of the molecule is Cc1ccccc1C(=N)C1=C(O)CC(C)(C)CC1=O. The zero-order chi connectivity index (χ0) is 14.2. The van der Waals surface area contributed by atoms with Crippen molar-refractivity contribution in [3.05, 3.63) is 46.7 Å². The Kier molecular flexibility index (Phi) is 3.31. The molecule has 0 radical (unpaired) electrons. The zero-order valence-electron chi connectivity index (χ0n) is 11.6. The lowest BCUT2D eigenvalue weighted by Crippen LogP contribution is -2.29. The fourth-order valence-electron chi connectivity index (χ4n) is 2.56. The minimum absolute atomic E-state index is 0.0505. The zero-order valence-corrected chi connectivity index (χ0v) is 11.6. The van der Waals surface area contributed by atoms with Crippen LogP contribution in [0.25, 0.3) is 0 Å². The molecule has 19 heavy (non-hydrogen) atoms. The first-order chi connectivity index (χ1) is 8.82. The molecule has 0 saturated heterocycles. The van der Waals surface area contributed by atoms with Gasteiger partial charge in [0.1, 0.15) is 5.76 Å². The molecule has 0 saturated carbocycles. The number of Topliss-reactive ketones (excluding diaryl/α,β-unsaturated/α-hetero) is 1. The molecule has 0 aliphatic heterocycles. The van der Waals surface area contributed by atoms with Crippen molar-refractivity contribution < 1.29 is 9.90 Å². The molecule has 100 valence electrons. The second-order valence-electron chi connectivity index (χ2n) is 5.95. The molecule has 0 aromatic heterocycles. The van der Waals surface area contributed by atoms with E-state index >= 15 is 0 Å². The second kappa shape index (κ2) is 4.65. The lowest BCUT2D eigenvalue weighted by molar-refractivity contribution is -0.117. The van der Waals surface area contributed by atoms with Crippen LogP contribution in [0.5, 0.6) is 0 Å².